The summed E-state index contributed by atoms with van der Waals surface area (Å²) in [4.78, 5) is 36.7. The van der Waals surface area contributed by atoms with Crippen LogP contribution in [0.2, 0.25) is 0 Å². The first-order valence-electron chi connectivity index (χ1n) is 12.1. The molecule has 0 bridgehead atoms. The number of halogens is 1. The fourth-order valence-corrected chi connectivity index (χ4v) is 5.70. The zero-order valence-electron chi connectivity index (χ0n) is 19.1. The minimum Gasteiger partial charge on any atom is -0.323 e. The third-order valence-electron chi connectivity index (χ3n) is 7.51. The molecular weight excluding hydrogens is 433 g/mol. The number of carbonyl (C=O) groups excluding carboxylic acids is 2. The molecule has 3 amide bonds. The minimum absolute atomic E-state index is 0.0871. The summed E-state index contributed by atoms with van der Waals surface area (Å²) in [6.07, 6.45) is 5.89. The third kappa shape index (κ3) is 3.57. The van der Waals surface area contributed by atoms with Gasteiger partial charge in [0.2, 0.25) is 0 Å². The van der Waals surface area contributed by atoms with E-state index < -0.39 is 6.04 Å². The molecule has 176 valence electrons. The van der Waals surface area contributed by atoms with E-state index in [-0.39, 0.29) is 17.8 Å². The van der Waals surface area contributed by atoms with Gasteiger partial charge in [-0.1, -0.05) is 18.6 Å². The van der Waals surface area contributed by atoms with Gasteiger partial charge in [0.1, 0.15) is 17.5 Å². The van der Waals surface area contributed by atoms with Gasteiger partial charge >= 0.3 is 6.03 Å². The highest BCUT2D eigenvalue weighted by atomic mass is 19.1. The maximum atomic E-state index is 13.4. The zero-order chi connectivity index (χ0) is 23.2. The zero-order valence-corrected chi connectivity index (χ0v) is 19.1. The molecule has 3 aromatic rings. The van der Waals surface area contributed by atoms with Crippen LogP contribution in [0.15, 0.2) is 42.6 Å². The second-order valence-electron chi connectivity index (χ2n) is 9.54. The molecular formula is C26H28FN5O2. The summed E-state index contributed by atoms with van der Waals surface area (Å²) in [5.41, 5.74) is 3.89. The summed E-state index contributed by atoms with van der Waals surface area (Å²) in [6, 6.07) is 9.76. The number of pyridine rings is 1. The monoisotopic (exact) mass is 461 g/mol. The number of piperidine rings is 1. The molecule has 2 fully saturated rings. The Morgan fingerprint density at radius 3 is 2.59 bits per heavy atom. The van der Waals surface area contributed by atoms with Gasteiger partial charge in [0, 0.05) is 43.3 Å². The minimum atomic E-state index is -0.452. The molecule has 0 aliphatic carbocycles. The molecule has 1 unspecified atom stereocenters. The topological polar surface area (TPSA) is 61.7 Å². The average molecular weight is 462 g/mol. The van der Waals surface area contributed by atoms with E-state index >= 15 is 0 Å². The quantitative estimate of drug-likeness (QED) is 0.547. The summed E-state index contributed by atoms with van der Waals surface area (Å²) >= 11 is 0. The molecule has 8 heteroatoms. The summed E-state index contributed by atoms with van der Waals surface area (Å²) in [7, 11) is 0. The van der Waals surface area contributed by atoms with Crippen LogP contribution in [-0.2, 0) is 24.3 Å². The number of benzene rings is 1. The number of imide groups is 1. The Bertz CT molecular complexity index is 1250. The Labute approximate surface area is 197 Å². The lowest BCUT2D eigenvalue weighted by Crippen LogP contribution is -2.41. The predicted molar refractivity (Wildman–Crippen MR) is 126 cm³/mol. The largest absolute Gasteiger partial charge is 0.327 e. The highest BCUT2D eigenvalue weighted by molar-refractivity contribution is 6.05. The molecule has 0 saturated carbocycles. The maximum absolute atomic E-state index is 13.4. The molecule has 2 aromatic heterocycles. The third-order valence-corrected chi connectivity index (χ3v) is 7.51. The molecule has 3 aliphatic rings. The maximum Gasteiger partial charge on any atom is 0.327 e. The first-order valence-corrected chi connectivity index (χ1v) is 12.1. The number of aromatic nitrogens is 2. The second kappa shape index (κ2) is 8.51. The van der Waals surface area contributed by atoms with Crippen molar-refractivity contribution in [3.05, 3.63) is 65.2 Å². The van der Waals surface area contributed by atoms with E-state index in [1.807, 2.05) is 12.1 Å². The number of amides is 3. The molecule has 5 heterocycles. The van der Waals surface area contributed by atoms with Gasteiger partial charge in [0.25, 0.3) is 5.91 Å². The molecule has 7 nitrogen and oxygen atoms in total. The Kier molecular flexibility index (Phi) is 5.32. The van der Waals surface area contributed by atoms with E-state index in [4.69, 9.17) is 0 Å². The number of hydrogen-bond donors (Lipinski definition) is 0. The van der Waals surface area contributed by atoms with Crippen LogP contribution in [0.5, 0.6) is 0 Å². The Hall–Kier alpha value is -3.26. The van der Waals surface area contributed by atoms with Crippen LogP contribution in [0.3, 0.4) is 0 Å². The van der Waals surface area contributed by atoms with Gasteiger partial charge in [-0.25, -0.2) is 14.2 Å². The van der Waals surface area contributed by atoms with Crippen molar-refractivity contribution < 1.29 is 14.0 Å². The van der Waals surface area contributed by atoms with Gasteiger partial charge in [-0.3, -0.25) is 9.69 Å². The molecule has 34 heavy (non-hydrogen) atoms. The fraction of sp³-hybridized carbons (Fsp3) is 0.423. The second-order valence-corrected chi connectivity index (χ2v) is 9.54. The van der Waals surface area contributed by atoms with Crippen LogP contribution in [0.4, 0.5) is 9.18 Å². The summed E-state index contributed by atoms with van der Waals surface area (Å²) in [6.45, 7) is 4.19. The van der Waals surface area contributed by atoms with E-state index in [0.717, 1.165) is 47.5 Å². The lowest BCUT2D eigenvalue weighted by atomic mass is 9.98. The Morgan fingerprint density at radius 2 is 1.79 bits per heavy atom. The van der Waals surface area contributed by atoms with Crippen molar-refractivity contribution in [2.45, 2.75) is 44.8 Å². The van der Waals surface area contributed by atoms with E-state index in [1.165, 1.54) is 36.3 Å². The van der Waals surface area contributed by atoms with Gasteiger partial charge in [-0.15, -0.1) is 0 Å². The van der Waals surface area contributed by atoms with Crippen LogP contribution in [0.25, 0.3) is 11.0 Å². The molecule has 6 rings (SSSR count). The number of urea groups is 1. The summed E-state index contributed by atoms with van der Waals surface area (Å²) < 4.78 is 15.5. The molecule has 1 atom stereocenters. The van der Waals surface area contributed by atoms with Gasteiger partial charge in [0.05, 0.1) is 6.54 Å². The van der Waals surface area contributed by atoms with E-state index in [1.54, 1.807) is 23.2 Å². The number of nitrogens with zero attached hydrogens (tertiary/aromatic N) is 5. The van der Waals surface area contributed by atoms with Crippen molar-refractivity contribution >= 4 is 23.0 Å². The Morgan fingerprint density at radius 1 is 1.00 bits per heavy atom. The smallest absolute Gasteiger partial charge is 0.323 e. The molecule has 0 radical (unpaired) electrons. The number of carbonyl (C=O) groups is 2. The normalized spacial score (nSPS) is 20.8. The average Bonchev–Trinajstić information content (AvgIpc) is 3.30. The van der Waals surface area contributed by atoms with Crippen molar-refractivity contribution in [2.75, 3.05) is 26.2 Å². The van der Waals surface area contributed by atoms with Crippen molar-refractivity contribution in [1.82, 2.24) is 24.3 Å². The van der Waals surface area contributed by atoms with E-state index in [9.17, 15) is 14.0 Å². The molecule has 1 aromatic carbocycles. The van der Waals surface area contributed by atoms with Crippen LogP contribution in [0, 0.1) is 5.82 Å². The van der Waals surface area contributed by atoms with Crippen LogP contribution >= 0.6 is 0 Å². The fourth-order valence-electron chi connectivity index (χ4n) is 5.70. The standard InChI is InChI=1S/C26H28FN5O2/c27-19-8-6-18(7-9-19)16-31-23-17-32-22(15-21(23)20-5-4-10-28-24(20)31)25(33)30(26(32)34)14-13-29-11-2-1-3-12-29/h4-10,22H,1-3,11-17H2. The number of hydrogen-bond acceptors (Lipinski definition) is 4. The number of likely N-dealkylation sites (tertiary alicyclic amines) is 1. The van der Waals surface area contributed by atoms with Gasteiger partial charge in [-0.2, -0.15) is 0 Å². The van der Waals surface area contributed by atoms with Crippen molar-refractivity contribution in [3.8, 4) is 0 Å². The molecule has 2 saturated heterocycles. The van der Waals surface area contributed by atoms with E-state index in [0.29, 0.717) is 26.1 Å². The summed E-state index contributed by atoms with van der Waals surface area (Å²) in [5, 5.41) is 1.02. The molecule has 0 spiro atoms. The highest BCUT2D eigenvalue weighted by Crippen LogP contribution is 2.36. The van der Waals surface area contributed by atoms with Gasteiger partial charge in [-0.05, 0) is 61.3 Å². The number of fused-ring (bicyclic) bond motifs is 4. The van der Waals surface area contributed by atoms with Crippen LogP contribution in [-0.4, -0.2) is 68.4 Å². The van der Waals surface area contributed by atoms with Crippen molar-refractivity contribution in [2.24, 2.45) is 0 Å². The molecule has 0 N–H and O–H groups in total. The van der Waals surface area contributed by atoms with Crippen LogP contribution < -0.4 is 0 Å². The lowest BCUT2D eigenvalue weighted by molar-refractivity contribution is -0.128. The van der Waals surface area contributed by atoms with Gasteiger partial charge < -0.3 is 14.4 Å². The Balaban J connectivity index is 1.29. The van der Waals surface area contributed by atoms with Crippen LogP contribution in [0.1, 0.15) is 36.1 Å². The molecule has 3 aliphatic heterocycles. The number of rotatable bonds is 5. The first-order chi connectivity index (χ1) is 16.6. The van der Waals surface area contributed by atoms with Gasteiger partial charge in [0.15, 0.2) is 0 Å². The lowest BCUT2D eigenvalue weighted by Gasteiger charge is -2.28. The predicted octanol–water partition coefficient (Wildman–Crippen LogP) is 3.40. The summed E-state index contributed by atoms with van der Waals surface area (Å²) in [5.74, 6) is -0.356. The highest BCUT2D eigenvalue weighted by Gasteiger charge is 2.48. The van der Waals surface area contributed by atoms with Crippen molar-refractivity contribution in [1.29, 1.82) is 0 Å². The van der Waals surface area contributed by atoms with Crippen molar-refractivity contribution in [3.63, 3.8) is 0 Å². The van der Waals surface area contributed by atoms with E-state index in [2.05, 4.69) is 14.5 Å². The first kappa shape index (κ1) is 21.3. The SMILES string of the molecule is O=C1C2Cc3c(n(Cc4ccc(F)cc4)c4ncccc34)CN2C(=O)N1CCN1CCCCC1.